The van der Waals surface area contributed by atoms with Crippen LogP contribution in [0, 0.1) is 20.6 Å². The molecule has 2 rings (SSSR count). The number of anilines is 1. The number of carbonyl (C=O) groups is 1. The second-order valence-corrected chi connectivity index (χ2v) is 6.46. The number of benzene rings is 2. The predicted molar refractivity (Wildman–Crippen MR) is 92.6 cm³/mol. The van der Waals surface area contributed by atoms with Crippen molar-refractivity contribution in [3.8, 4) is 0 Å². The third-order valence-electron chi connectivity index (χ3n) is 2.77. The number of aryl methyl sites for hydroxylation is 1. The minimum atomic E-state index is -0.508. The first-order chi connectivity index (χ1) is 9.88. The molecule has 0 saturated carbocycles. The Morgan fingerprint density at radius 3 is 2.67 bits per heavy atom. The molecule has 7 heteroatoms. The second-order valence-electron chi connectivity index (χ2n) is 4.36. The van der Waals surface area contributed by atoms with Crippen LogP contribution in [0.4, 0.5) is 11.4 Å². The molecule has 1 N–H and O–H groups in total. The Labute approximate surface area is 143 Å². The Morgan fingerprint density at radius 2 is 2.00 bits per heavy atom. The topological polar surface area (TPSA) is 72.2 Å². The van der Waals surface area contributed by atoms with E-state index in [2.05, 4.69) is 43.8 Å². The summed E-state index contributed by atoms with van der Waals surface area (Å²) in [7, 11) is 0. The van der Waals surface area contributed by atoms with Crippen LogP contribution < -0.4 is 5.32 Å². The molecule has 0 bridgehead atoms. The number of hydrogen-bond donors (Lipinski definition) is 1. The number of halogens is 2. The number of nitrogens with zero attached hydrogens (tertiary/aromatic N) is 1. The van der Waals surface area contributed by atoms with Gasteiger partial charge in [-0.05, 0) is 75.3 Å². The van der Waals surface area contributed by atoms with Gasteiger partial charge in [0.15, 0.2) is 0 Å². The number of amides is 1. The van der Waals surface area contributed by atoms with Gasteiger partial charge in [0, 0.05) is 14.1 Å². The number of nitro benzene ring substituents is 1. The smallest absolute Gasteiger partial charge is 0.293 e. The molecule has 21 heavy (non-hydrogen) atoms. The summed E-state index contributed by atoms with van der Waals surface area (Å²) in [5.41, 5.74) is 1.25. The van der Waals surface area contributed by atoms with Crippen LogP contribution in [0.3, 0.4) is 0 Å². The van der Waals surface area contributed by atoms with Gasteiger partial charge in [0.2, 0.25) is 0 Å². The number of hydrogen-bond acceptors (Lipinski definition) is 3. The molecule has 0 radical (unpaired) electrons. The van der Waals surface area contributed by atoms with Crippen molar-refractivity contribution in [3.05, 3.63) is 65.7 Å². The highest BCUT2D eigenvalue weighted by Gasteiger charge is 2.18. The van der Waals surface area contributed by atoms with Crippen LogP contribution in [0.15, 0.2) is 40.9 Å². The Hall–Kier alpha value is -1.48. The zero-order valence-electron chi connectivity index (χ0n) is 10.9. The Balaban J connectivity index is 2.36. The molecule has 0 fully saturated rings. The first-order valence-corrected chi connectivity index (χ1v) is 7.77. The zero-order chi connectivity index (χ0) is 15.6. The van der Waals surface area contributed by atoms with Gasteiger partial charge in [0.1, 0.15) is 5.69 Å². The SMILES string of the molecule is Cc1ccc(NC(=O)c2cc(I)ccc2Br)c([N+](=O)[O-])c1. The minimum Gasteiger partial charge on any atom is -0.316 e. The average molecular weight is 461 g/mol. The molecular weight excluding hydrogens is 451 g/mol. The van der Waals surface area contributed by atoms with Gasteiger partial charge in [0.25, 0.3) is 11.6 Å². The molecule has 0 aliphatic carbocycles. The maximum atomic E-state index is 12.3. The molecule has 2 aromatic rings. The van der Waals surface area contributed by atoms with Crippen LogP contribution in [-0.2, 0) is 0 Å². The van der Waals surface area contributed by atoms with Crippen molar-refractivity contribution in [1.82, 2.24) is 0 Å². The van der Waals surface area contributed by atoms with E-state index in [1.165, 1.54) is 12.1 Å². The van der Waals surface area contributed by atoms with Gasteiger partial charge in [-0.15, -0.1) is 0 Å². The van der Waals surface area contributed by atoms with E-state index >= 15 is 0 Å². The summed E-state index contributed by atoms with van der Waals surface area (Å²) in [6.45, 7) is 1.76. The first-order valence-electron chi connectivity index (χ1n) is 5.90. The molecule has 0 heterocycles. The van der Waals surface area contributed by atoms with Gasteiger partial charge in [-0.2, -0.15) is 0 Å². The van der Waals surface area contributed by atoms with Gasteiger partial charge < -0.3 is 5.32 Å². The summed E-state index contributed by atoms with van der Waals surface area (Å²) >= 11 is 5.40. The first kappa shape index (κ1) is 15.9. The molecule has 108 valence electrons. The number of carbonyl (C=O) groups excluding carboxylic acids is 1. The summed E-state index contributed by atoms with van der Waals surface area (Å²) in [6.07, 6.45) is 0. The molecule has 0 atom stereocenters. The van der Waals surface area contributed by atoms with Crippen molar-refractivity contribution in [2.24, 2.45) is 0 Å². The second kappa shape index (κ2) is 6.52. The van der Waals surface area contributed by atoms with E-state index in [4.69, 9.17) is 0 Å². The van der Waals surface area contributed by atoms with Crippen molar-refractivity contribution in [3.63, 3.8) is 0 Å². The molecule has 0 aliphatic heterocycles. The van der Waals surface area contributed by atoms with E-state index in [1.807, 2.05) is 6.07 Å². The third-order valence-corrected chi connectivity index (χ3v) is 4.13. The van der Waals surface area contributed by atoms with Crippen molar-refractivity contribution in [1.29, 1.82) is 0 Å². The van der Waals surface area contributed by atoms with E-state index in [0.717, 1.165) is 9.13 Å². The Kier molecular flexibility index (Phi) is 4.94. The van der Waals surface area contributed by atoms with Gasteiger partial charge >= 0.3 is 0 Å². The standard InChI is InChI=1S/C14H10BrIN2O3/c1-8-2-5-12(13(6-8)18(20)21)17-14(19)10-7-9(16)3-4-11(10)15/h2-7H,1H3,(H,17,19). The fourth-order valence-corrected chi connectivity index (χ4v) is 2.68. The average Bonchev–Trinajstić information content (AvgIpc) is 2.43. The van der Waals surface area contributed by atoms with E-state index in [9.17, 15) is 14.9 Å². The summed E-state index contributed by atoms with van der Waals surface area (Å²) in [4.78, 5) is 22.8. The van der Waals surface area contributed by atoms with Crippen LogP contribution in [0.1, 0.15) is 15.9 Å². The van der Waals surface area contributed by atoms with Crippen molar-refractivity contribution < 1.29 is 9.72 Å². The molecule has 0 unspecified atom stereocenters. The molecular formula is C14H10BrIN2O3. The lowest BCUT2D eigenvalue weighted by molar-refractivity contribution is -0.384. The third kappa shape index (κ3) is 3.79. The Morgan fingerprint density at radius 1 is 1.29 bits per heavy atom. The van der Waals surface area contributed by atoms with Crippen molar-refractivity contribution >= 4 is 55.8 Å². The zero-order valence-corrected chi connectivity index (χ0v) is 14.6. The quantitative estimate of drug-likeness (QED) is 0.415. The molecule has 0 aromatic heterocycles. The molecule has 0 aliphatic rings. The lowest BCUT2D eigenvalue weighted by Crippen LogP contribution is -2.14. The Bertz CT molecular complexity index is 734. The van der Waals surface area contributed by atoms with Crippen LogP contribution in [-0.4, -0.2) is 10.8 Å². The van der Waals surface area contributed by atoms with Gasteiger partial charge in [-0.1, -0.05) is 6.07 Å². The summed E-state index contributed by atoms with van der Waals surface area (Å²) < 4.78 is 1.54. The van der Waals surface area contributed by atoms with Crippen molar-refractivity contribution in [2.45, 2.75) is 6.92 Å². The minimum absolute atomic E-state index is 0.120. The molecule has 1 amide bonds. The number of nitrogens with one attached hydrogen (secondary N) is 1. The normalized spacial score (nSPS) is 10.2. The van der Waals surface area contributed by atoms with Crippen LogP contribution >= 0.6 is 38.5 Å². The maximum absolute atomic E-state index is 12.3. The molecule has 5 nitrogen and oxygen atoms in total. The van der Waals surface area contributed by atoms with Gasteiger partial charge in [-0.25, -0.2) is 0 Å². The molecule has 2 aromatic carbocycles. The summed E-state index contributed by atoms with van der Waals surface area (Å²) in [5.74, 6) is -0.396. The van der Waals surface area contributed by atoms with Gasteiger partial charge in [-0.3, -0.25) is 14.9 Å². The lowest BCUT2D eigenvalue weighted by atomic mass is 10.1. The largest absolute Gasteiger partial charge is 0.316 e. The highest BCUT2D eigenvalue weighted by atomic mass is 127. The monoisotopic (exact) mass is 460 g/mol. The highest BCUT2D eigenvalue weighted by molar-refractivity contribution is 14.1. The van der Waals surface area contributed by atoms with E-state index < -0.39 is 10.8 Å². The highest BCUT2D eigenvalue weighted by Crippen LogP contribution is 2.27. The fourth-order valence-electron chi connectivity index (χ4n) is 1.76. The van der Waals surface area contributed by atoms with E-state index in [1.54, 1.807) is 25.1 Å². The lowest BCUT2D eigenvalue weighted by Gasteiger charge is -2.08. The van der Waals surface area contributed by atoms with E-state index in [0.29, 0.717) is 10.0 Å². The van der Waals surface area contributed by atoms with Crippen molar-refractivity contribution in [2.75, 3.05) is 5.32 Å². The molecule has 0 spiro atoms. The van der Waals surface area contributed by atoms with E-state index in [-0.39, 0.29) is 11.4 Å². The molecule has 0 saturated heterocycles. The number of nitro groups is 1. The van der Waals surface area contributed by atoms with Crippen LogP contribution in [0.25, 0.3) is 0 Å². The summed E-state index contributed by atoms with van der Waals surface area (Å²) in [6, 6.07) is 10.0. The van der Waals surface area contributed by atoms with Gasteiger partial charge in [0.05, 0.1) is 10.5 Å². The fraction of sp³-hybridized carbons (Fsp3) is 0.0714. The van der Waals surface area contributed by atoms with Crippen LogP contribution in [0.2, 0.25) is 0 Å². The maximum Gasteiger partial charge on any atom is 0.293 e. The summed E-state index contributed by atoms with van der Waals surface area (Å²) in [5, 5.41) is 13.6. The predicted octanol–water partition coefficient (Wildman–Crippen LogP) is 4.52. The number of rotatable bonds is 3. The van der Waals surface area contributed by atoms with Crippen LogP contribution in [0.5, 0.6) is 0 Å².